The van der Waals surface area contributed by atoms with Gasteiger partial charge in [-0.15, -0.1) is 0 Å². The van der Waals surface area contributed by atoms with Crippen molar-refractivity contribution in [2.24, 2.45) is 0 Å². The SMILES string of the molecule is CCCCCC(C)(C)NS(=O)(=O)O. The maximum atomic E-state index is 10.5. The second-order valence-corrected chi connectivity index (χ2v) is 5.07. The number of hydrogen-bond acceptors (Lipinski definition) is 2. The fraction of sp³-hybridized carbons (Fsp3) is 1.00. The van der Waals surface area contributed by atoms with E-state index in [1.54, 1.807) is 13.8 Å². The molecule has 13 heavy (non-hydrogen) atoms. The summed E-state index contributed by atoms with van der Waals surface area (Å²) in [5.74, 6) is 0. The minimum absolute atomic E-state index is 0.553. The van der Waals surface area contributed by atoms with Gasteiger partial charge in [0.2, 0.25) is 0 Å². The summed E-state index contributed by atoms with van der Waals surface area (Å²) in [5.41, 5.74) is -0.553. The Bertz CT molecular complexity index is 234. The number of hydrogen-bond donors (Lipinski definition) is 2. The van der Waals surface area contributed by atoms with E-state index in [1.165, 1.54) is 0 Å². The number of rotatable bonds is 6. The Morgan fingerprint density at radius 3 is 2.23 bits per heavy atom. The average Bonchev–Trinajstić information content (AvgIpc) is 1.81. The van der Waals surface area contributed by atoms with Crippen molar-refractivity contribution in [1.29, 1.82) is 0 Å². The molecule has 0 fully saturated rings. The first-order valence-corrected chi connectivity index (χ1v) is 5.97. The van der Waals surface area contributed by atoms with E-state index in [9.17, 15) is 8.42 Å². The summed E-state index contributed by atoms with van der Waals surface area (Å²) in [5, 5.41) is 0. The molecule has 0 unspecified atom stereocenters. The van der Waals surface area contributed by atoms with Crippen molar-refractivity contribution in [3.63, 3.8) is 0 Å². The van der Waals surface area contributed by atoms with Crippen LogP contribution in [0.15, 0.2) is 0 Å². The summed E-state index contributed by atoms with van der Waals surface area (Å²) in [7, 11) is -4.07. The first-order chi connectivity index (χ1) is 5.77. The van der Waals surface area contributed by atoms with Gasteiger partial charge in [0.05, 0.1) is 0 Å². The molecule has 0 saturated heterocycles. The van der Waals surface area contributed by atoms with E-state index < -0.39 is 15.8 Å². The Hall–Kier alpha value is -0.130. The maximum absolute atomic E-state index is 10.5. The highest BCUT2D eigenvalue weighted by atomic mass is 32.2. The molecule has 0 aromatic rings. The molecule has 0 spiro atoms. The molecule has 0 heterocycles. The fourth-order valence-electron chi connectivity index (χ4n) is 1.22. The highest BCUT2D eigenvalue weighted by molar-refractivity contribution is 7.83. The molecule has 0 aliphatic carbocycles. The lowest BCUT2D eigenvalue weighted by atomic mass is 9.98. The normalized spacial score (nSPS) is 13.2. The molecule has 4 nitrogen and oxygen atoms in total. The van der Waals surface area contributed by atoms with Gasteiger partial charge in [0, 0.05) is 5.54 Å². The van der Waals surface area contributed by atoms with Crippen LogP contribution < -0.4 is 4.72 Å². The second kappa shape index (κ2) is 4.93. The topological polar surface area (TPSA) is 66.4 Å². The Morgan fingerprint density at radius 1 is 1.31 bits per heavy atom. The maximum Gasteiger partial charge on any atom is 0.333 e. The molecule has 0 bridgehead atoms. The third kappa shape index (κ3) is 8.21. The van der Waals surface area contributed by atoms with E-state index in [0.29, 0.717) is 0 Å². The summed E-state index contributed by atoms with van der Waals surface area (Å²) in [6, 6.07) is 0. The van der Waals surface area contributed by atoms with Gasteiger partial charge in [0.1, 0.15) is 0 Å². The van der Waals surface area contributed by atoms with Gasteiger partial charge < -0.3 is 0 Å². The first kappa shape index (κ1) is 12.9. The van der Waals surface area contributed by atoms with Crippen LogP contribution in [-0.4, -0.2) is 18.5 Å². The standard InChI is InChI=1S/C8H19NO3S/c1-4-5-6-7-8(2,3)9-13(10,11)12/h9H,4-7H2,1-3H3,(H,10,11,12). The number of nitrogens with one attached hydrogen (secondary N) is 1. The van der Waals surface area contributed by atoms with E-state index in [2.05, 4.69) is 11.6 Å². The van der Waals surface area contributed by atoms with E-state index in [1.807, 2.05) is 0 Å². The molecular weight excluding hydrogens is 190 g/mol. The lowest BCUT2D eigenvalue weighted by molar-refractivity contribution is 0.375. The van der Waals surface area contributed by atoms with Gasteiger partial charge in [-0.3, -0.25) is 4.55 Å². The zero-order chi connectivity index (χ0) is 10.5. The lowest BCUT2D eigenvalue weighted by Gasteiger charge is -2.23. The highest BCUT2D eigenvalue weighted by Gasteiger charge is 2.22. The summed E-state index contributed by atoms with van der Waals surface area (Å²) in [6.07, 6.45) is 3.88. The van der Waals surface area contributed by atoms with Crippen LogP contribution in [0.4, 0.5) is 0 Å². The zero-order valence-corrected chi connectivity index (χ0v) is 9.32. The fourth-order valence-corrected chi connectivity index (χ4v) is 2.02. The first-order valence-electron chi connectivity index (χ1n) is 4.53. The highest BCUT2D eigenvalue weighted by Crippen LogP contribution is 2.14. The van der Waals surface area contributed by atoms with Gasteiger partial charge in [-0.25, -0.2) is 0 Å². The van der Waals surface area contributed by atoms with Crippen molar-refractivity contribution in [1.82, 2.24) is 4.72 Å². The Morgan fingerprint density at radius 2 is 1.85 bits per heavy atom. The molecule has 0 saturated carbocycles. The molecule has 0 aliphatic heterocycles. The Labute approximate surface area is 80.6 Å². The Balaban J connectivity index is 3.94. The average molecular weight is 209 g/mol. The summed E-state index contributed by atoms with van der Waals surface area (Å²) in [6.45, 7) is 5.61. The van der Waals surface area contributed by atoms with Crippen LogP contribution in [-0.2, 0) is 10.3 Å². The van der Waals surface area contributed by atoms with Crippen molar-refractivity contribution >= 4 is 10.3 Å². The quantitative estimate of drug-likeness (QED) is 0.517. The van der Waals surface area contributed by atoms with Crippen molar-refractivity contribution in [2.45, 2.75) is 52.0 Å². The molecule has 5 heteroatoms. The van der Waals surface area contributed by atoms with Crippen molar-refractivity contribution in [3.05, 3.63) is 0 Å². The molecular formula is C8H19NO3S. The molecule has 0 atom stereocenters. The second-order valence-electron chi connectivity index (χ2n) is 3.92. The minimum atomic E-state index is -4.07. The molecule has 0 aliphatic rings. The van der Waals surface area contributed by atoms with Crippen LogP contribution >= 0.6 is 0 Å². The van der Waals surface area contributed by atoms with Crippen LogP contribution in [0.2, 0.25) is 0 Å². The minimum Gasteiger partial charge on any atom is -0.273 e. The smallest absolute Gasteiger partial charge is 0.273 e. The van der Waals surface area contributed by atoms with Crippen LogP contribution in [0.5, 0.6) is 0 Å². The van der Waals surface area contributed by atoms with Gasteiger partial charge >= 0.3 is 10.3 Å². The molecule has 0 aromatic heterocycles. The van der Waals surface area contributed by atoms with Crippen molar-refractivity contribution in [3.8, 4) is 0 Å². The largest absolute Gasteiger partial charge is 0.333 e. The summed E-state index contributed by atoms with van der Waals surface area (Å²) < 4.78 is 31.8. The van der Waals surface area contributed by atoms with E-state index in [4.69, 9.17) is 4.55 Å². The van der Waals surface area contributed by atoms with Gasteiger partial charge in [0.25, 0.3) is 0 Å². The van der Waals surface area contributed by atoms with Crippen LogP contribution in [0.25, 0.3) is 0 Å². The van der Waals surface area contributed by atoms with Gasteiger partial charge in [-0.2, -0.15) is 13.1 Å². The Kier molecular flexibility index (Phi) is 4.88. The van der Waals surface area contributed by atoms with E-state index >= 15 is 0 Å². The lowest BCUT2D eigenvalue weighted by Crippen LogP contribution is -2.42. The van der Waals surface area contributed by atoms with Crippen LogP contribution in [0.1, 0.15) is 46.5 Å². The van der Waals surface area contributed by atoms with Crippen LogP contribution in [0, 0.1) is 0 Å². The predicted molar refractivity (Wildman–Crippen MR) is 52.9 cm³/mol. The monoisotopic (exact) mass is 209 g/mol. The third-order valence-corrected chi connectivity index (χ3v) is 2.62. The van der Waals surface area contributed by atoms with Gasteiger partial charge in [-0.05, 0) is 20.3 Å². The molecule has 2 N–H and O–H groups in total. The van der Waals surface area contributed by atoms with E-state index in [-0.39, 0.29) is 0 Å². The van der Waals surface area contributed by atoms with Gasteiger partial charge in [-0.1, -0.05) is 26.2 Å². The predicted octanol–water partition coefficient (Wildman–Crippen LogP) is 1.74. The summed E-state index contributed by atoms with van der Waals surface area (Å²) >= 11 is 0. The molecule has 0 amide bonds. The summed E-state index contributed by atoms with van der Waals surface area (Å²) in [4.78, 5) is 0. The van der Waals surface area contributed by atoms with Crippen molar-refractivity contribution in [2.75, 3.05) is 0 Å². The molecule has 0 radical (unpaired) electrons. The molecule has 0 aromatic carbocycles. The molecule has 80 valence electrons. The molecule has 0 rings (SSSR count). The van der Waals surface area contributed by atoms with Crippen LogP contribution in [0.3, 0.4) is 0 Å². The van der Waals surface area contributed by atoms with Crippen molar-refractivity contribution < 1.29 is 13.0 Å². The zero-order valence-electron chi connectivity index (χ0n) is 8.50. The van der Waals surface area contributed by atoms with Gasteiger partial charge in [0.15, 0.2) is 0 Å². The van der Waals surface area contributed by atoms with E-state index in [0.717, 1.165) is 25.7 Å². The number of unbranched alkanes of at least 4 members (excludes halogenated alkanes) is 2. The third-order valence-electron chi connectivity index (χ3n) is 1.81.